The molecule has 2 heterocycles. The van der Waals surface area contributed by atoms with E-state index in [1.807, 2.05) is 78.9 Å². The smallest absolute Gasteiger partial charge is 0.762 e. The number of halogens is 14. The molecule has 0 aliphatic carbocycles. The van der Waals surface area contributed by atoms with Crippen LogP contribution in [-0.2, 0) is 21.7 Å². The van der Waals surface area contributed by atoms with Crippen molar-refractivity contribution >= 4 is 84.6 Å². The van der Waals surface area contributed by atoms with E-state index in [0.717, 1.165) is 97.4 Å². The molecule has 71 heavy (non-hydrogen) atoms. The van der Waals surface area contributed by atoms with Gasteiger partial charge in [0.2, 0.25) is 0 Å². The Bertz CT molecular complexity index is 3030. The van der Waals surface area contributed by atoms with Gasteiger partial charge in [0.25, 0.3) is 0 Å². The van der Waals surface area contributed by atoms with E-state index in [9.17, 15) is 52.3 Å². The van der Waals surface area contributed by atoms with Gasteiger partial charge in [-0.3, -0.25) is 12.9 Å². The van der Waals surface area contributed by atoms with E-state index in [1.54, 1.807) is 24.3 Å². The molecule has 8 aromatic carbocycles. The zero-order chi connectivity index (χ0) is 49.5. The Hall–Kier alpha value is -5.26. The van der Waals surface area contributed by atoms with E-state index < -0.39 is 75.8 Å². The fraction of sp³-hybridized carbons (Fsp3) is 0.0204. The van der Waals surface area contributed by atoms with Crippen molar-refractivity contribution in [2.45, 2.75) is 51.5 Å². The number of fused-ring (bicyclic) bond motifs is 4. The Kier molecular flexibility index (Phi) is 20.3. The minimum Gasteiger partial charge on any atom is -1.00 e. The Morgan fingerprint density at radius 3 is 1.11 bits per heavy atom. The first-order chi connectivity index (χ1) is 32.9. The van der Waals surface area contributed by atoms with Gasteiger partial charge in [0, 0.05) is 30.9 Å². The molecule has 0 N–H and O–H groups in total. The monoisotopic (exact) mass is 1190 g/mol. The van der Waals surface area contributed by atoms with Crippen LogP contribution in [0.2, 0.25) is 0 Å². The molecule has 0 radical (unpaired) electrons. The second kappa shape index (κ2) is 25.4. The first-order valence-electron chi connectivity index (χ1n) is 19.4. The Morgan fingerprint density at radius 1 is 0.437 bits per heavy atom. The maximum atomic E-state index is 14.1. The van der Waals surface area contributed by atoms with Crippen molar-refractivity contribution in [1.29, 1.82) is 0 Å². The van der Waals surface area contributed by atoms with Crippen molar-refractivity contribution in [2.75, 3.05) is 0 Å². The molecule has 2 aliphatic heterocycles. The van der Waals surface area contributed by atoms with Crippen molar-refractivity contribution in [3.63, 3.8) is 0 Å². The first kappa shape index (κ1) is 56.7. The molecule has 0 atom stereocenters. The van der Waals surface area contributed by atoms with Gasteiger partial charge in [0.1, 0.15) is 33.9 Å². The summed E-state index contributed by atoms with van der Waals surface area (Å²) >= 11 is 8.77. The summed E-state index contributed by atoms with van der Waals surface area (Å²) in [5.41, 5.74) is 0. The van der Waals surface area contributed by atoms with E-state index in [1.165, 1.54) is 0 Å². The third kappa shape index (κ3) is 14.5. The lowest BCUT2D eigenvalue weighted by Crippen LogP contribution is -3.00. The molecule has 2 aliphatic rings. The van der Waals surface area contributed by atoms with Gasteiger partial charge in [-0.1, -0.05) is 81.0 Å². The van der Waals surface area contributed by atoms with Gasteiger partial charge >= 0.3 is 7.54 Å². The highest BCUT2D eigenvalue weighted by Crippen LogP contribution is 2.50. The van der Waals surface area contributed by atoms with Crippen LogP contribution < -0.4 is 14.2 Å². The maximum Gasteiger partial charge on any atom is 0.762 e. The summed E-state index contributed by atoms with van der Waals surface area (Å²) in [5.74, 6) is -5.39. The van der Waals surface area contributed by atoms with E-state index in [4.69, 9.17) is 9.47 Å². The molecule has 0 fully saturated rings. The molecule has 0 saturated carbocycles. The van der Waals surface area contributed by atoms with Crippen LogP contribution in [-0.4, -0.2) is 11.8 Å². The molecular formula is C49H29BBr2F12O3S4. The molecule has 10 rings (SSSR count). The van der Waals surface area contributed by atoms with Crippen LogP contribution in [0.4, 0.5) is 48.1 Å². The summed E-state index contributed by atoms with van der Waals surface area (Å²) in [6.45, 7) is 0. The predicted molar refractivity (Wildman–Crippen MR) is 258 cm³/mol. The van der Waals surface area contributed by atoms with Crippen LogP contribution in [0.25, 0.3) is 0 Å². The maximum absolute atomic E-state index is 14.1. The second-order valence-corrected chi connectivity index (χ2v) is 21.2. The first-order valence-corrected chi connectivity index (χ1v) is 25.0. The lowest BCUT2D eigenvalue weighted by molar-refractivity contribution is -0.0000224. The number of ether oxygens (including phenoxy) is 2. The molecule has 0 bridgehead atoms. The van der Waals surface area contributed by atoms with Gasteiger partial charge in [0.15, 0.2) is 61.2 Å². The van der Waals surface area contributed by atoms with Crippen molar-refractivity contribution in [3.8, 4) is 23.0 Å². The number of benzene rings is 8. The number of para-hydroxylation sites is 1. The minimum absolute atomic E-state index is 0. The lowest BCUT2D eigenvalue weighted by atomic mass is 10.3. The predicted octanol–water partition coefficient (Wildman–Crippen LogP) is 15.0. The van der Waals surface area contributed by atoms with Crippen molar-refractivity contribution in [3.05, 3.63) is 207 Å². The third-order valence-electron chi connectivity index (χ3n) is 9.13. The molecule has 0 amide bonds. The van der Waals surface area contributed by atoms with Gasteiger partial charge in [0.05, 0.1) is 30.4 Å². The Labute approximate surface area is 429 Å². The molecule has 0 unspecified atom stereocenters. The van der Waals surface area contributed by atoms with Crippen LogP contribution in [0.1, 0.15) is 7.43 Å². The zero-order valence-corrected chi connectivity index (χ0v) is 41.1. The van der Waals surface area contributed by atoms with Gasteiger partial charge in [-0.05, 0) is 121 Å². The van der Waals surface area contributed by atoms with Gasteiger partial charge in [-0.15, -0.1) is 0 Å². The van der Waals surface area contributed by atoms with Gasteiger partial charge < -0.3 is 14.2 Å². The quantitative estimate of drug-likeness (QED) is 0.0975. The molecule has 0 aromatic heterocycles. The molecule has 0 saturated heterocycles. The number of hydrogen-bond donors (Lipinski definition) is 0. The van der Waals surface area contributed by atoms with Crippen LogP contribution in [0, 0.1) is 46.5 Å². The average Bonchev–Trinajstić information content (AvgIpc) is 3.31. The fourth-order valence-corrected chi connectivity index (χ4v) is 13.1. The Balaban J connectivity index is 0.000000204. The van der Waals surface area contributed by atoms with Crippen LogP contribution in [0.15, 0.2) is 205 Å². The molecule has 368 valence electrons. The SMILES string of the molecule is Brc1ccc(Oc2ccccc2)cc1.C.FB(F)F.Fc1cc2c(cc1F)[S+](c1ccc(Oc3ccc(Br)cc3)cc1)c1cc(F)c(F)cc1S2.O=S1c2cc(F)c(F)cc2Sc2cc(F)c(F)cc21.[F-]. The fourth-order valence-electron chi connectivity index (χ4n) is 6.11. The highest BCUT2D eigenvalue weighted by atomic mass is 79.9. The standard InChI is InChI=1S/C24H12BrF4OS2.C12H9BrO.C12H4F4OS2.CH4.BF3.FH/c25-13-1-3-14(4-2-13)30-15-5-7-16(8-6-15)32-23-11-19(28)17(26)9-21(23)31-22-10-18(27)20(29)12-24(22)32;13-10-6-8-12(9-7-10)14-11-4-2-1-3-5-11;13-5-1-9-11(3-7(5)15)19(17)12-4-8(16)6(14)2-10(12)18-9;;2-1(3)4;/h1-12H;1-9H;1-4H;1H4;;1H/q+1;;;;;/p-1. The van der Waals surface area contributed by atoms with Gasteiger partial charge in [-0.25, -0.2) is 39.3 Å². The normalized spacial score (nSPS) is 11.9. The Morgan fingerprint density at radius 2 is 0.732 bits per heavy atom. The summed E-state index contributed by atoms with van der Waals surface area (Å²) in [5, 5.41) is 0. The number of rotatable bonds is 5. The minimum atomic E-state index is -3.67. The highest BCUT2D eigenvalue weighted by molar-refractivity contribution is 9.10. The molecule has 22 heteroatoms. The van der Waals surface area contributed by atoms with Crippen molar-refractivity contribution < 1.29 is 66.5 Å². The molecule has 3 nitrogen and oxygen atoms in total. The van der Waals surface area contributed by atoms with E-state index in [0.29, 0.717) is 31.1 Å². The second-order valence-electron chi connectivity index (χ2n) is 13.8. The lowest BCUT2D eigenvalue weighted by Gasteiger charge is -2.19. The average molecular weight is 1190 g/mol. The summed E-state index contributed by atoms with van der Waals surface area (Å²) in [6.07, 6.45) is 0. The number of hydrogen-bond acceptors (Lipinski definition) is 5. The van der Waals surface area contributed by atoms with Crippen molar-refractivity contribution in [1.82, 2.24) is 0 Å². The highest BCUT2D eigenvalue weighted by Gasteiger charge is 2.40. The van der Waals surface area contributed by atoms with Crippen LogP contribution in [0.5, 0.6) is 23.0 Å². The topological polar surface area (TPSA) is 35.5 Å². The van der Waals surface area contributed by atoms with E-state index >= 15 is 0 Å². The van der Waals surface area contributed by atoms with E-state index in [-0.39, 0.29) is 31.7 Å². The van der Waals surface area contributed by atoms with Crippen molar-refractivity contribution in [2.24, 2.45) is 0 Å². The molecular weight excluding hydrogens is 1160 g/mol. The summed E-state index contributed by atoms with van der Waals surface area (Å²) in [6, 6.07) is 39.9. The summed E-state index contributed by atoms with van der Waals surface area (Å²) in [7, 11) is -6.48. The largest absolute Gasteiger partial charge is 1.00 e. The zero-order valence-electron chi connectivity index (χ0n) is 34.7. The van der Waals surface area contributed by atoms with Crippen LogP contribution >= 0.6 is 55.4 Å². The summed E-state index contributed by atoms with van der Waals surface area (Å²) < 4.78 is 163. The molecule has 0 spiro atoms. The summed E-state index contributed by atoms with van der Waals surface area (Å²) in [4.78, 5) is 3.31. The van der Waals surface area contributed by atoms with Gasteiger partial charge in [-0.2, -0.15) is 0 Å². The van der Waals surface area contributed by atoms with Crippen LogP contribution in [0.3, 0.4) is 0 Å². The molecule has 8 aromatic rings. The van der Waals surface area contributed by atoms with E-state index in [2.05, 4.69) is 31.9 Å². The third-order valence-corrected chi connectivity index (χ3v) is 16.7.